The maximum atomic E-state index is 13.8. The molecule has 144 valence electrons. The molecular formula is C22H13ClFNO4. The summed E-state index contributed by atoms with van der Waals surface area (Å²) in [7, 11) is 0. The Hall–Kier alpha value is -3.38. The van der Waals surface area contributed by atoms with E-state index in [9.17, 15) is 14.0 Å². The third kappa shape index (κ3) is 2.84. The van der Waals surface area contributed by atoms with Crippen LogP contribution in [0.1, 0.15) is 33.5 Å². The van der Waals surface area contributed by atoms with Crippen LogP contribution in [0.3, 0.4) is 0 Å². The maximum absolute atomic E-state index is 13.8. The molecule has 5 nitrogen and oxygen atoms in total. The fraction of sp³-hybridized carbons (Fsp3) is 0.0909. The van der Waals surface area contributed by atoms with E-state index in [0.717, 1.165) is 6.07 Å². The minimum atomic E-state index is -0.731. The van der Waals surface area contributed by atoms with Crippen molar-refractivity contribution in [2.24, 2.45) is 0 Å². The average molecular weight is 410 g/mol. The standard InChI is InChI=1S/C22H13ClFNO4/c23-13-4-1-3-12(9-13)19-18-20(26)16-10-14(24)6-7-17(16)29-21(18)22(27)25(19)11-15-5-2-8-28-15/h1-10,19H,11H2. The van der Waals surface area contributed by atoms with Gasteiger partial charge in [0.1, 0.15) is 17.2 Å². The van der Waals surface area contributed by atoms with Gasteiger partial charge in [0.2, 0.25) is 5.76 Å². The van der Waals surface area contributed by atoms with E-state index in [0.29, 0.717) is 16.3 Å². The van der Waals surface area contributed by atoms with Crippen molar-refractivity contribution in [3.63, 3.8) is 0 Å². The third-order valence-corrected chi connectivity index (χ3v) is 5.23. The third-order valence-electron chi connectivity index (χ3n) is 5.00. The van der Waals surface area contributed by atoms with Crippen LogP contribution in [0, 0.1) is 5.82 Å². The zero-order chi connectivity index (χ0) is 20.1. The predicted molar refractivity (Wildman–Crippen MR) is 104 cm³/mol. The Balaban J connectivity index is 1.77. The van der Waals surface area contributed by atoms with Gasteiger partial charge < -0.3 is 13.7 Å². The zero-order valence-electron chi connectivity index (χ0n) is 14.9. The zero-order valence-corrected chi connectivity index (χ0v) is 15.7. The van der Waals surface area contributed by atoms with Crippen molar-refractivity contribution in [1.29, 1.82) is 0 Å². The molecule has 0 spiro atoms. The van der Waals surface area contributed by atoms with Gasteiger partial charge in [0, 0.05) is 5.02 Å². The Labute approximate surface area is 168 Å². The largest absolute Gasteiger partial charge is 0.467 e. The number of furan rings is 1. The predicted octanol–water partition coefficient (Wildman–Crippen LogP) is 4.92. The molecule has 0 saturated carbocycles. The molecule has 0 aliphatic carbocycles. The van der Waals surface area contributed by atoms with Crippen molar-refractivity contribution in [2.45, 2.75) is 12.6 Å². The minimum Gasteiger partial charge on any atom is -0.467 e. The summed E-state index contributed by atoms with van der Waals surface area (Å²) >= 11 is 6.16. The fourth-order valence-electron chi connectivity index (χ4n) is 3.75. The van der Waals surface area contributed by atoms with E-state index in [1.54, 1.807) is 36.4 Å². The van der Waals surface area contributed by atoms with Gasteiger partial charge in [-0.25, -0.2) is 4.39 Å². The van der Waals surface area contributed by atoms with Crippen molar-refractivity contribution < 1.29 is 18.0 Å². The Morgan fingerprint density at radius 2 is 1.93 bits per heavy atom. The second-order valence-corrected chi connectivity index (χ2v) is 7.22. The molecule has 5 rings (SSSR count). The van der Waals surface area contributed by atoms with E-state index in [1.807, 2.05) is 0 Å². The minimum absolute atomic E-state index is 0.0503. The van der Waals surface area contributed by atoms with Gasteiger partial charge in [-0.2, -0.15) is 0 Å². The first kappa shape index (κ1) is 17.7. The molecule has 2 aromatic carbocycles. The number of hydrogen-bond donors (Lipinski definition) is 0. The lowest BCUT2D eigenvalue weighted by molar-refractivity contribution is 0.0701. The highest BCUT2D eigenvalue weighted by atomic mass is 35.5. The molecule has 1 aliphatic rings. The highest BCUT2D eigenvalue weighted by molar-refractivity contribution is 6.30. The molecule has 0 radical (unpaired) electrons. The Bertz CT molecular complexity index is 1310. The SMILES string of the molecule is O=C1c2oc3ccc(F)cc3c(=O)c2C(c2cccc(Cl)c2)N1Cc1ccco1. The summed E-state index contributed by atoms with van der Waals surface area (Å²) < 4.78 is 24.9. The van der Waals surface area contributed by atoms with E-state index < -0.39 is 23.2 Å². The van der Waals surface area contributed by atoms with Crippen LogP contribution in [0.25, 0.3) is 11.0 Å². The number of amides is 1. The molecule has 0 saturated heterocycles. The van der Waals surface area contributed by atoms with Gasteiger partial charge in [0.15, 0.2) is 5.43 Å². The molecule has 7 heteroatoms. The number of nitrogens with zero attached hydrogens (tertiary/aromatic N) is 1. The van der Waals surface area contributed by atoms with Gasteiger partial charge in [-0.05, 0) is 48.0 Å². The lowest BCUT2D eigenvalue weighted by Crippen LogP contribution is -2.29. The van der Waals surface area contributed by atoms with E-state index in [1.165, 1.54) is 23.3 Å². The van der Waals surface area contributed by atoms with E-state index in [4.69, 9.17) is 20.4 Å². The molecule has 0 fully saturated rings. The van der Waals surface area contributed by atoms with Gasteiger partial charge in [0.25, 0.3) is 5.91 Å². The second-order valence-electron chi connectivity index (χ2n) is 6.78. The lowest BCUT2D eigenvalue weighted by atomic mass is 9.98. The van der Waals surface area contributed by atoms with Crippen LogP contribution in [-0.4, -0.2) is 10.8 Å². The molecule has 3 heterocycles. The highest BCUT2D eigenvalue weighted by Crippen LogP contribution is 2.39. The topological polar surface area (TPSA) is 63.7 Å². The van der Waals surface area contributed by atoms with Gasteiger partial charge in [0.05, 0.1) is 29.8 Å². The summed E-state index contributed by atoms with van der Waals surface area (Å²) in [4.78, 5) is 28.0. The number of hydrogen-bond acceptors (Lipinski definition) is 4. The highest BCUT2D eigenvalue weighted by Gasteiger charge is 2.43. The van der Waals surface area contributed by atoms with Crippen molar-refractivity contribution in [2.75, 3.05) is 0 Å². The Morgan fingerprint density at radius 3 is 2.69 bits per heavy atom. The number of carbonyl (C=O) groups is 1. The molecule has 29 heavy (non-hydrogen) atoms. The van der Waals surface area contributed by atoms with Gasteiger partial charge in [-0.1, -0.05) is 23.7 Å². The van der Waals surface area contributed by atoms with Crippen LogP contribution in [0.5, 0.6) is 0 Å². The summed E-state index contributed by atoms with van der Waals surface area (Å²) in [6.45, 7) is 0.136. The normalized spacial score (nSPS) is 15.9. The molecular weight excluding hydrogens is 397 g/mol. The number of rotatable bonds is 3. The fourth-order valence-corrected chi connectivity index (χ4v) is 3.95. The Morgan fingerprint density at radius 1 is 1.07 bits per heavy atom. The second kappa shape index (κ2) is 6.60. The first-order chi connectivity index (χ1) is 14.0. The molecule has 1 atom stereocenters. The maximum Gasteiger partial charge on any atom is 0.291 e. The number of halogens is 2. The lowest BCUT2D eigenvalue weighted by Gasteiger charge is -2.24. The van der Waals surface area contributed by atoms with Gasteiger partial charge in [-0.15, -0.1) is 0 Å². The van der Waals surface area contributed by atoms with Crippen molar-refractivity contribution in [1.82, 2.24) is 4.90 Å². The number of benzene rings is 2. The molecule has 2 aromatic heterocycles. The van der Waals surface area contributed by atoms with E-state index >= 15 is 0 Å². The molecule has 1 aliphatic heterocycles. The van der Waals surface area contributed by atoms with E-state index in [2.05, 4.69) is 0 Å². The number of carbonyl (C=O) groups excluding carboxylic acids is 1. The van der Waals surface area contributed by atoms with Crippen LogP contribution in [0.15, 0.2) is 74.5 Å². The van der Waals surface area contributed by atoms with Crippen LogP contribution in [-0.2, 0) is 6.54 Å². The summed E-state index contributed by atoms with van der Waals surface area (Å²) in [5.41, 5.74) is 0.537. The van der Waals surface area contributed by atoms with Crippen LogP contribution >= 0.6 is 11.6 Å². The van der Waals surface area contributed by atoms with Crippen LogP contribution < -0.4 is 5.43 Å². The Kier molecular flexibility index (Phi) is 4.03. The molecule has 1 amide bonds. The average Bonchev–Trinajstić information content (AvgIpc) is 3.31. The molecule has 0 bridgehead atoms. The summed E-state index contributed by atoms with van der Waals surface area (Å²) in [6, 6.07) is 13.3. The van der Waals surface area contributed by atoms with Gasteiger partial charge in [-0.3, -0.25) is 9.59 Å². The quantitative estimate of drug-likeness (QED) is 0.481. The molecule has 0 N–H and O–H groups in total. The van der Waals surface area contributed by atoms with Crippen molar-refractivity contribution in [3.05, 3.63) is 105 Å². The van der Waals surface area contributed by atoms with Gasteiger partial charge >= 0.3 is 0 Å². The monoisotopic (exact) mass is 409 g/mol. The summed E-state index contributed by atoms with van der Waals surface area (Å²) in [5.74, 6) is -0.489. The van der Waals surface area contributed by atoms with Crippen molar-refractivity contribution in [3.8, 4) is 0 Å². The smallest absolute Gasteiger partial charge is 0.291 e. The number of fused-ring (bicyclic) bond motifs is 2. The first-order valence-electron chi connectivity index (χ1n) is 8.88. The summed E-state index contributed by atoms with van der Waals surface area (Å²) in [5, 5.41) is 0.556. The van der Waals surface area contributed by atoms with Crippen molar-refractivity contribution >= 4 is 28.5 Å². The summed E-state index contributed by atoms with van der Waals surface area (Å²) in [6.07, 6.45) is 1.51. The first-order valence-corrected chi connectivity index (χ1v) is 9.26. The van der Waals surface area contributed by atoms with Crippen LogP contribution in [0.2, 0.25) is 5.02 Å². The van der Waals surface area contributed by atoms with Crippen LogP contribution in [0.4, 0.5) is 4.39 Å². The van der Waals surface area contributed by atoms with E-state index in [-0.39, 0.29) is 28.8 Å². The molecule has 4 aromatic rings. The molecule has 1 unspecified atom stereocenters.